The molecule has 0 aliphatic carbocycles. The van der Waals surface area contributed by atoms with E-state index in [-0.39, 0.29) is 11.9 Å². The van der Waals surface area contributed by atoms with E-state index in [9.17, 15) is 4.39 Å². The van der Waals surface area contributed by atoms with Gasteiger partial charge in [0.25, 0.3) is 0 Å². The number of benzene rings is 1. The Bertz CT molecular complexity index is 1050. The van der Waals surface area contributed by atoms with Gasteiger partial charge in [0, 0.05) is 31.1 Å². The molecule has 27 heavy (non-hydrogen) atoms. The summed E-state index contributed by atoms with van der Waals surface area (Å²) in [6.45, 7) is 1.50. The van der Waals surface area contributed by atoms with Gasteiger partial charge in [0.2, 0.25) is 0 Å². The summed E-state index contributed by atoms with van der Waals surface area (Å²) in [5.41, 5.74) is 2.51. The van der Waals surface area contributed by atoms with Gasteiger partial charge >= 0.3 is 0 Å². The molecule has 5 rings (SSSR count). The molecule has 0 amide bonds. The van der Waals surface area contributed by atoms with Crippen LogP contribution in [0.5, 0.6) is 0 Å². The number of hydrogen-bond donors (Lipinski definition) is 2. The zero-order valence-corrected chi connectivity index (χ0v) is 14.5. The van der Waals surface area contributed by atoms with Crippen molar-refractivity contribution in [2.24, 2.45) is 0 Å². The van der Waals surface area contributed by atoms with Crippen molar-refractivity contribution < 1.29 is 8.81 Å². The Balaban J connectivity index is 1.53. The molecule has 1 aliphatic rings. The lowest BCUT2D eigenvalue weighted by atomic mass is 10.0. The summed E-state index contributed by atoms with van der Waals surface area (Å²) in [7, 11) is 0. The van der Waals surface area contributed by atoms with Crippen molar-refractivity contribution in [1.82, 2.24) is 24.8 Å². The van der Waals surface area contributed by atoms with Crippen LogP contribution in [-0.2, 0) is 13.0 Å². The minimum Gasteiger partial charge on any atom is -0.459 e. The van der Waals surface area contributed by atoms with E-state index >= 15 is 0 Å². The van der Waals surface area contributed by atoms with E-state index < -0.39 is 0 Å². The second-order valence-electron chi connectivity index (χ2n) is 6.61. The van der Waals surface area contributed by atoms with E-state index in [2.05, 4.69) is 24.8 Å². The smallest absolute Gasteiger partial charge is 0.137 e. The summed E-state index contributed by atoms with van der Waals surface area (Å²) in [5, 5.41) is 0. The summed E-state index contributed by atoms with van der Waals surface area (Å²) >= 11 is 0. The molecule has 0 unspecified atom stereocenters. The predicted octanol–water partition coefficient (Wildman–Crippen LogP) is 3.68. The molecule has 0 bridgehead atoms. The lowest BCUT2D eigenvalue weighted by Gasteiger charge is -2.33. The van der Waals surface area contributed by atoms with E-state index in [1.54, 1.807) is 30.7 Å². The number of fused-ring (bicyclic) bond motifs is 1. The van der Waals surface area contributed by atoms with Crippen molar-refractivity contribution in [3.8, 4) is 11.3 Å². The molecule has 4 aromatic rings. The number of hydrogen-bond acceptors (Lipinski definition) is 4. The van der Waals surface area contributed by atoms with E-state index in [0.717, 1.165) is 35.9 Å². The molecule has 0 saturated heterocycles. The minimum absolute atomic E-state index is 0.148. The van der Waals surface area contributed by atoms with Crippen LogP contribution in [0.15, 0.2) is 59.5 Å². The monoisotopic (exact) mass is 363 g/mol. The first-order valence-corrected chi connectivity index (χ1v) is 8.88. The first-order valence-electron chi connectivity index (χ1n) is 8.88. The van der Waals surface area contributed by atoms with Crippen LogP contribution in [0.2, 0.25) is 0 Å². The maximum atomic E-state index is 14.1. The number of aromatic amines is 2. The van der Waals surface area contributed by atoms with Crippen molar-refractivity contribution in [3.63, 3.8) is 0 Å². The van der Waals surface area contributed by atoms with Gasteiger partial charge < -0.3 is 14.4 Å². The molecule has 1 atom stereocenters. The van der Waals surface area contributed by atoms with Gasteiger partial charge in [-0.15, -0.1) is 0 Å². The summed E-state index contributed by atoms with van der Waals surface area (Å²) in [6, 6.07) is 10.2. The highest BCUT2D eigenvalue weighted by molar-refractivity contribution is 5.58. The van der Waals surface area contributed by atoms with Crippen LogP contribution >= 0.6 is 0 Å². The Kier molecular flexibility index (Phi) is 3.86. The lowest BCUT2D eigenvalue weighted by Crippen LogP contribution is -2.36. The van der Waals surface area contributed by atoms with Crippen LogP contribution in [-0.4, -0.2) is 31.4 Å². The van der Waals surface area contributed by atoms with Crippen LogP contribution in [0, 0.1) is 5.82 Å². The molecular formula is C20H18FN5O. The maximum Gasteiger partial charge on any atom is 0.137 e. The molecular weight excluding hydrogens is 345 g/mol. The third-order valence-corrected chi connectivity index (χ3v) is 4.97. The highest BCUT2D eigenvalue weighted by Gasteiger charge is 2.33. The van der Waals surface area contributed by atoms with Gasteiger partial charge in [-0.05, 0) is 24.3 Å². The number of aromatic nitrogens is 4. The first kappa shape index (κ1) is 16.0. The highest BCUT2D eigenvalue weighted by Crippen LogP contribution is 2.37. The average molecular weight is 363 g/mol. The summed E-state index contributed by atoms with van der Waals surface area (Å²) in [4.78, 5) is 17.5. The standard InChI is InChI=1S/C20H18FN5O/c21-14-4-2-1-3-13(14)16-5-6-17(27-16)20-19-15(24-12-25-19)7-10-26(20)11-18-22-8-9-23-18/h1-6,8-9,12,20H,7,10-11H2,(H,22,23)(H,24,25)/t20-/m1/s1. The molecule has 6 nitrogen and oxygen atoms in total. The Morgan fingerprint density at radius 2 is 2.07 bits per heavy atom. The van der Waals surface area contributed by atoms with E-state index in [1.165, 1.54) is 6.07 Å². The number of rotatable bonds is 4. The van der Waals surface area contributed by atoms with Gasteiger partial charge in [-0.2, -0.15) is 0 Å². The Hall–Kier alpha value is -3.19. The molecule has 0 radical (unpaired) electrons. The topological polar surface area (TPSA) is 73.7 Å². The number of halogens is 1. The third-order valence-electron chi connectivity index (χ3n) is 4.97. The van der Waals surface area contributed by atoms with E-state index in [0.29, 0.717) is 17.9 Å². The normalized spacial score (nSPS) is 17.1. The first-order chi connectivity index (χ1) is 13.3. The number of nitrogens with zero attached hydrogens (tertiary/aromatic N) is 3. The fraction of sp³-hybridized carbons (Fsp3) is 0.200. The molecule has 0 spiro atoms. The molecule has 0 fully saturated rings. The van der Waals surface area contributed by atoms with Crippen LogP contribution in [0.25, 0.3) is 11.3 Å². The second-order valence-corrected chi connectivity index (χ2v) is 6.61. The Morgan fingerprint density at radius 3 is 2.93 bits per heavy atom. The lowest BCUT2D eigenvalue weighted by molar-refractivity contribution is 0.176. The molecule has 7 heteroatoms. The zero-order chi connectivity index (χ0) is 18.2. The maximum absolute atomic E-state index is 14.1. The van der Waals surface area contributed by atoms with Crippen LogP contribution < -0.4 is 0 Å². The van der Waals surface area contributed by atoms with Gasteiger partial charge in [-0.3, -0.25) is 4.90 Å². The molecule has 1 aliphatic heterocycles. The second kappa shape index (κ2) is 6.51. The minimum atomic E-state index is -0.296. The third kappa shape index (κ3) is 2.86. The molecule has 2 N–H and O–H groups in total. The van der Waals surface area contributed by atoms with E-state index in [1.807, 2.05) is 18.3 Å². The summed E-state index contributed by atoms with van der Waals surface area (Å²) in [6.07, 6.45) is 6.16. The SMILES string of the molecule is Fc1ccccc1-c1ccc([C@@H]2c3nc[nH]c3CCN2Cc2ncc[nH]2)o1. The number of furan rings is 1. The van der Waals surface area contributed by atoms with Crippen molar-refractivity contribution in [3.05, 3.63) is 83.9 Å². The Labute approximate surface area is 155 Å². The molecule has 0 saturated carbocycles. The number of nitrogens with one attached hydrogen (secondary N) is 2. The van der Waals surface area contributed by atoms with Gasteiger partial charge in [0.05, 0.1) is 24.1 Å². The van der Waals surface area contributed by atoms with Gasteiger partial charge in [-0.25, -0.2) is 14.4 Å². The average Bonchev–Trinajstić information content (AvgIpc) is 3.44. The highest BCUT2D eigenvalue weighted by atomic mass is 19.1. The van der Waals surface area contributed by atoms with Crippen molar-refractivity contribution in [1.29, 1.82) is 0 Å². The number of H-pyrrole nitrogens is 2. The molecule has 136 valence electrons. The van der Waals surface area contributed by atoms with E-state index in [4.69, 9.17) is 4.42 Å². The van der Waals surface area contributed by atoms with Gasteiger partial charge in [0.15, 0.2) is 0 Å². The zero-order valence-electron chi connectivity index (χ0n) is 14.5. The quantitative estimate of drug-likeness (QED) is 0.580. The van der Waals surface area contributed by atoms with Crippen LogP contribution in [0.1, 0.15) is 29.0 Å². The van der Waals surface area contributed by atoms with Crippen molar-refractivity contribution in [2.45, 2.75) is 19.0 Å². The summed E-state index contributed by atoms with van der Waals surface area (Å²) in [5.74, 6) is 1.85. The van der Waals surface area contributed by atoms with Crippen molar-refractivity contribution in [2.75, 3.05) is 6.54 Å². The van der Waals surface area contributed by atoms with Crippen LogP contribution in [0.4, 0.5) is 4.39 Å². The van der Waals surface area contributed by atoms with Crippen LogP contribution in [0.3, 0.4) is 0 Å². The molecule has 1 aromatic carbocycles. The predicted molar refractivity (Wildman–Crippen MR) is 97.2 cm³/mol. The van der Waals surface area contributed by atoms with Crippen molar-refractivity contribution >= 4 is 0 Å². The number of imidazole rings is 2. The largest absolute Gasteiger partial charge is 0.459 e. The molecule has 4 heterocycles. The fourth-order valence-corrected chi connectivity index (χ4v) is 3.69. The summed E-state index contributed by atoms with van der Waals surface area (Å²) < 4.78 is 20.2. The van der Waals surface area contributed by atoms with Gasteiger partial charge in [0.1, 0.15) is 29.2 Å². The molecule has 3 aromatic heterocycles. The van der Waals surface area contributed by atoms with Gasteiger partial charge in [-0.1, -0.05) is 12.1 Å². The fourth-order valence-electron chi connectivity index (χ4n) is 3.69. The Morgan fingerprint density at radius 1 is 1.15 bits per heavy atom.